The Morgan fingerprint density at radius 2 is 2.13 bits per heavy atom. The molecule has 0 radical (unpaired) electrons. The molecule has 0 spiro atoms. The Bertz CT molecular complexity index is 674. The van der Waals surface area contributed by atoms with E-state index >= 15 is 0 Å². The molecule has 1 aliphatic rings. The lowest BCUT2D eigenvalue weighted by Gasteiger charge is -2.34. The van der Waals surface area contributed by atoms with Crippen LogP contribution in [-0.4, -0.2) is 36.4 Å². The van der Waals surface area contributed by atoms with Gasteiger partial charge in [-0.25, -0.2) is 4.98 Å². The first-order chi connectivity index (χ1) is 11.0. The standard InChI is InChI=1S/C16H25ClN6/c1-10(2)15-18-16(20-19-15)13-7-5-6-8-23(13)9-12-11(3)21-22(4)14(12)17/h10,13H,5-9H2,1-4H3,(H,18,19,20). The molecule has 0 amide bonds. The van der Waals surface area contributed by atoms with Gasteiger partial charge in [0.05, 0.1) is 11.7 Å². The topological polar surface area (TPSA) is 62.6 Å². The summed E-state index contributed by atoms with van der Waals surface area (Å²) in [5, 5.41) is 12.7. The predicted octanol–water partition coefficient (Wildman–Crippen LogP) is 3.35. The van der Waals surface area contributed by atoms with Crippen LogP contribution in [0.4, 0.5) is 0 Å². The van der Waals surface area contributed by atoms with Gasteiger partial charge in [-0.2, -0.15) is 10.2 Å². The number of nitrogens with zero attached hydrogens (tertiary/aromatic N) is 5. The van der Waals surface area contributed by atoms with Crippen LogP contribution in [0.5, 0.6) is 0 Å². The molecule has 1 N–H and O–H groups in total. The highest BCUT2D eigenvalue weighted by Gasteiger charge is 2.28. The Labute approximate surface area is 142 Å². The Hall–Kier alpha value is -1.40. The Kier molecular flexibility index (Phi) is 4.73. The van der Waals surface area contributed by atoms with Crippen LogP contribution in [0, 0.1) is 6.92 Å². The highest BCUT2D eigenvalue weighted by Crippen LogP contribution is 2.32. The van der Waals surface area contributed by atoms with Crippen molar-refractivity contribution in [1.29, 1.82) is 0 Å². The number of hydrogen-bond acceptors (Lipinski definition) is 4. The highest BCUT2D eigenvalue weighted by molar-refractivity contribution is 6.30. The second-order valence-electron chi connectivity index (χ2n) is 6.69. The molecule has 6 nitrogen and oxygen atoms in total. The molecule has 7 heteroatoms. The summed E-state index contributed by atoms with van der Waals surface area (Å²) in [7, 11) is 1.89. The van der Waals surface area contributed by atoms with E-state index in [1.807, 2.05) is 14.0 Å². The van der Waals surface area contributed by atoms with Crippen molar-refractivity contribution in [2.45, 2.75) is 58.5 Å². The van der Waals surface area contributed by atoms with Crippen molar-refractivity contribution in [1.82, 2.24) is 29.9 Å². The number of aromatic amines is 1. The predicted molar refractivity (Wildman–Crippen MR) is 90.4 cm³/mol. The van der Waals surface area contributed by atoms with Crippen molar-refractivity contribution in [2.75, 3.05) is 6.54 Å². The number of rotatable bonds is 4. The summed E-state index contributed by atoms with van der Waals surface area (Å²) in [6.45, 7) is 8.11. The maximum Gasteiger partial charge on any atom is 0.153 e. The first-order valence-corrected chi connectivity index (χ1v) is 8.69. The minimum Gasteiger partial charge on any atom is -0.289 e. The molecule has 3 rings (SSSR count). The second kappa shape index (κ2) is 6.61. The molecule has 1 saturated heterocycles. The number of H-pyrrole nitrogens is 1. The third-order valence-electron chi connectivity index (χ3n) is 4.60. The summed E-state index contributed by atoms with van der Waals surface area (Å²) in [6.07, 6.45) is 3.53. The van der Waals surface area contributed by atoms with Gasteiger partial charge in [0.15, 0.2) is 5.82 Å². The van der Waals surface area contributed by atoms with Crippen LogP contribution in [0.15, 0.2) is 0 Å². The highest BCUT2D eigenvalue weighted by atomic mass is 35.5. The van der Waals surface area contributed by atoms with Crippen molar-refractivity contribution in [3.63, 3.8) is 0 Å². The molecule has 1 fully saturated rings. The molecule has 1 aliphatic heterocycles. The number of aryl methyl sites for hydroxylation is 2. The monoisotopic (exact) mass is 336 g/mol. The number of halogens is 1. The minimum absolute atomic E-state index is 0.277. The molecule has 0 bridgehead atoms. The SMILES string of the molecule is Cc1nn(C)c(Cl)c1CN1CCCCC1c1nc(C(C)C)n[nH]1. The first-order valence-electron chi connectivity index (χ1n) is 8.31. The van der Waals surface area contributed by atoms with Crippen LogP contribution < -0.4 is 0 Å². The van der Waals surface area contributed by atoms with Gasteiger partial charge in [-0.15, -0.1) is 0 Å². The molecule has 0 saturated carbocycles. The van der Waals surface area contributed by atoms with Gasteiger partial charge < -0.3 is 0 Å². The van der Waals surface area contributed by atoms with E-state index in [0.717, 1.165) is 47.6 Å². The lowest BCUT2D eigenvalue weighted by Crippen LogP contribution is -2.33. The Balaban J connectivity index is 1.83. The van der Waals surface area contributed by atoms with Gasteiger partial charge in [-0.1, -0.05) is 31.9 Å². The van der Waals surface area contributed by atoms with E-state index in [4.69, 9.17) is 16.6 Å². The molecular formula is C16H25ClN6. The number of aromatic nitrogens is 5. The second-order valence-corrected chi connectivity index (χ2v) is 7.05. The van der Waals surface area contributed by atoms with E-state index < -0.39 is 0 Å². The number of piperidine rings is 1. The smallest absolute Gasteiger partial charge is 0.153 e. The summed E-state index contributed by atoms with van der Waals surface area (Å²) >= 11 is 6.41. The van der Waals surface area contributed by atoms with Gasteiger partial charge in [0.1, 0.15) is 11.0 Å². The van der Waals surface area contributed by atoms with Gasteiger partial charge in [-0.3, -0.25) is 14.7 Å². The summed E-state index contributed by atoms with van der Waals surface area (Å²) in [5.74, 6) is 2.21. The number of nitrogens with one attached hydrogen (secondary N) is 1. The summed E-state index contributed by atoms with van der Waals surface area (Å²) < 4.78 is 1.75. The molecule has 1 unspecified atom stereocenters. The van der Waals surface area contributed by atoms with Crippen LogP contribution in [0.25, 0.3) is 0 Å². The molecule has 1 atom stereocenters. The van der Waals surface area contributed by atoms with E-state index in [1.165, 1.54) is 12.8 Å². The fraction of sp³-hybridized carbons (Fsp3) is 0.688. The van der Waals surface area contributed by atoms with E-state index in [-0.39, 0.29) is 6.04 Å². The molecular weight excluding hydrogens is 312 g/mol. The molecule has 2 aromatic heterocycles. The van der Waals surface area contributed by atoms with Crippen molar-refractivity contribution < 1.29 is 0 Å². The lowest BCUT2D eigenvalue weighted by molar-refractivity contribution is 0.134. The van der Waals surface area contributed by atoms with Crippen molar-refractivity contribution in [2.24, 2.45) is 7.05 Å². The maximum atomic E-state index is 6.41. The largest absolute Gasteiger partial charge is 0.289 e. The average Bonchev–Trinajstić information content (AvgIpc) is 3.09. The quantitative estimate of drug-likeness (QED) is 0.930. The van der Waals surface area contributed by atoms with Crippen LogP contribution in [0.2, 0.25) is 5.15 Å². The van der Waals surface area contributed by atoms with E-state index in [2.05, 4.69) is 34.0 Å². The first kappa shape index (κ1) is 16.5. The zero-order valence-electron chi connectivity index (χ0n) is 14.3. The molecule has 2 aromatic rings. The van der Waals surface area contributed by atoms with Gasteiger partial charge in [0, 0.05) is 25.1 Å². The summed E-state index contributed by atoms with van der Waals surface area (Å²) in [4.78, 5) is 7.16. The number of hydrogen-bond donors (Lipinski definition) is 1. The van der Waals surface area contributed by atoms with Crippen molar-refractivity contribution in [3.8, 4) is 0 Å². The van der Waals surface area contributed by atoms with E-state index in [0.29, 0.717) is 5.92 Å². The molecule has 23 heavy (non-hydrogen) atoms. The van der Waals surface area contributed by atoms with Gasteiger partial charge in [0.25, 0.3) is 0 Å². The van der Waals surface area contributed by atoms with Crippen LogP contribution in [-0.2, 0) is 13.6 Å². The van der Waals surface area contributed by atoms with Gasteiger partial charge >= 0.3 is 0 Å². The molecule has 0 aromatic carbocycles. The Morgan fingerprint density at radius 1 is 1.35 bits per heavy atom. The van der Waals surface area contributed by atoms with Crippen LogP contribution in [0.1, 0.15) is 68.0 Å². The average molecular weight is 337 g/mol. The Morgan fingerprint density at radius 3 is 2.74 bits per heavy atom. The van der Waals surface area contributed by atoms with E-state index in [9.17, 15) is 0 Å². The molecule has 0 aliphatic carbocycles. The number of likely N-dealkylation sites (tertiary alicyclic amines) is 1. The van der Waals surface area contributed by atoms with Crippen LogP contribution >= 0.6 is 11.6 Å². The van der Waals surface area contributed by atoms with Gasteiger partial charge in [0.2, 0.25) is 0 Å². The van der Waals surface area contributed by atoms with Crippen molar-refractivity contribution >= 4 is 11.6 Å². The zero-order valence-corrected chi connectivity index (χ0v) is 15.1. The molecule has 3 heterocycles. The third kappa shape index (κ3) is 3.28. The fourth-order valence-corrected chi connectivity index (χ4v) is 3.48. The maximum absolute atomic E-state index is 6.41. The lowest BCUT2D eigenvalue weighted by atomic mass is 10.0. The third-order valence-corrected chi connectivity index (χ3v) is 5.07. The van der Waals surface area contributed by atoms with Crippen LogP contribution in [0.3, 0.4) is 0 Å². The summed E-state index contributed by atoms with van der Waals surface area (Å²) in [6, 6.07) is 0.277. The normalized spacial score (nSPS) is 19.7. The minimum atomic E-state index is 0.277. The van der Waals surface area contributed by atoms with Gasteiger partial charge in [-0.05, 0) is 26.3 Å². The fourth-order valence-electron chi connectivity index (χ4n) is 3.24. The van der Waals surface area contributed by atoms with Crippen molar-refractivity contribution in [3.05, 3.63) is 28.1 Å². The molecule has 126 valence electrons. The zero-order chi connectivity index (χ0) is 16.6. The van der Waals surface area contributed by atoms with E-state index in [1.54, 1.807) is 4.68 Å². The summed E-state index contributed by atoms with van der Waals surface area (Å²) in [5.41, 5.74) is 2.12.